The van der Waals surface area contributed by atoms with E-state index in [1.807, 2.05) is 6.92 Å². The summed E-state index contributed by atoms with van der Waals surface area (Å²) < 4.78 is 10.9. The lowest BCUT2D eigenvalue weighted by Crippen LogP contribution is -2.29. The van der Waals surface area contributed by atoms with Crippen molar-refractivity contribution in [1.82, 2.24) is 0 Å². The molecule has 1 aliphatic rings. The van der Waals surface area contributed by atoms with E-state index >= 15 is 0 Å². The number of anilines is 1. The average molecular weight is 516 g/mol. The molecule has 3 aromatic rings. The zero-order chi connectivity index (χ0) is 27.4. The molecule has 2 N–H and O–H groups in total. The smallest absolute Gasteiger partial charge is 0.338 e. The SMILES string of the molecule is CCCOc1cccc(/C(O)=C2\C(=O)C(=O)N(c3ccc(C(=O)OC(C)C)cc3)C2c2ccc(O)cc2)c1. The molecule has 1 aliphatic heterocycles. The molecule has 196 valence electrons. The van der Waals surface area contributed by atoms with Crippen molar-refractivity contribution >= 4 is 29.1 Å². The molecular formula is C30H29NO7. The highest BCUT2D eigenvalue weighted by Gasteiger charge is 2.47. The number of hydrogen-bond donors (Lipinski definition) is 2. The van der Waals surface area contributed by atoms with Gasteiger partial charge in [-0.3, -0.25) is 14.5 Å². The second kappa shape index (κ2) is 11.2. The first-order valence-corrected chi connectivity index (χ1v) is 12.4. The number of amides is 1. The lowest BCUT2D eigenvalue weighted by atomic mass is 9.95. The van der Waals surface area contributed by atoms with E-state index in [1.54, 1.807) is 62.4 Å². The number of ether oxygens (including phenoxy) is 2. The summed E-state index contributed by atoms with van der Waals surface area (Å²) in [5.41, 5.74) is 1.38. The molecule has 8 heteroatoms. The predicted octanol–water partition coefficient (Wildman–Crippen LogP) is 5.37. The Balaban J connectivity index is 1.81. The maximum atomic E-state index is 13.3. The summed E-state index contributed by atoms with van der Waals surface area (Å²) in [7, 11) is 0. The van der Waals surface area contributed by atoms with Gasteiger partial charge < -0.3 is 19.7 Å². The zero-order valence-electron chi connectivity index (χ0n) is 21.4. The maximum absolute atomic E-state index is 13.3. The molecular weight excluding hydrogens is 486 g/mol. The molecule has 1 heterocycles. The van der Waals surface area contributed by atoms with E-state index in [0.717, 1.165) is 6.42 Å². The molecule has 1 saturated heterocycles. The van der Waals surface area contributed by atoms with E-state index in [-0.39, 0.29) is 23.2 Å². The highest BCUT2D eigenvalue weighted by molar-refractivity contribution is 6.51. The topological polar surface area (TPSA) is 113 Å². The molecule has 4 rings (SSSR count). The fourth-order valence-corrected chi connectivity index (χ4v) is 4.22. The van der Waals surface area contributed by atoms with Crippen molar-refractivity contribution in [3.05, 3.63) is 95.1 Å². The number of carbonyl (C=O) groups is 3. The summed E-state index contributed by atoms with van der Waals surface area (Å²) in [6.45, 7) is 5.95. The Kier molecular flexibility index (Phi) is 7.81. The number of aliphatic hydroxyl groups is 1. The van der Waals surface area contributed by atoms with E-state index in [2.05, 4.69) is 0 Å². The number of aromatic hydroxyl groups is 1. The molecule has 1 unspecified atom stereocenters. The van der Waals surface area contributed by atoms with Crippen LogP contribution in [0.15, 0.2) is 78.4 Å². The summed E-state index contributed by atoms with van der Waals surface area (Å²) in [5.74, 6) is -2.00. The van der Waals surface area contributed by atoms with E-state index in [0.29, 0.717) is 34.7 Å². The lowest BCUT2D eigenvalue weighted by molar-refractivity contribution is -0.132. The maximum Gasteiger partial charge on any atom is 0.338 e. The van der Waals surface area contributed by atoms with Gasteiger partial charge in [-0.05, 0) is 74.4 Å². The lowest BCUT2D eigenvalue weighted by Gasteiger charge is -2.25. The Morgan fingerprint density at radius 3 is 2.29 bits per heavy atom. The Morgan fingerprint density at radius 2 is 1.66 bits per heavy atom. The second-order valence-corrected chi connectivity index (χ2v) is 9.14. The number of esters is 1. The number of hydrogen-bond acceptors (Lipinski definition) is 7. The molecule has 0 saturated carbocycles. The van der Waals surface area contributed by atoms with Crippen LogP contribution in [0, 0.1) is 0 Å². The number of phenols is 1. The van der Waals surface area contributed by atoms with Crippen molar-refractivity contribution < 1.29 is 34.1 Å². The van der Waals surface area contributed by atoms with Gasteiger partial charge in [0.15, 0.2) is 0 Å². The third-order valence-electron chi connectivity index (χ3n) is 5.96. The first kappa shape index (κ1) is 26.5. The van der Waals surface area contributed by atoms with Crippen LogP contribution in [-0.2, 0) is 14.3 Å². The van der Waals surface area contributed by atoms with Crippen LogP contribution in [0.3, 0.4) is 0 Å². The molecule has 8 nitrogen and oxygen atoms in total. The molecule has 1 fully saturated rings. The van der Waals surface area contributed by atoms with Gasteiger partial charge in [-0.1, -0.05) is 31.2 Å². The molecule has 1 atom stereocenters. The van der Waals surface area contributed by atoms with Crippen LogP contribution >= 0.6 is 0 Å². The van der Waals surface area contributed by atoms with Crippen LogP contribution in [0.1, 0.15) is 54.7 Å². The summed E-state index contributed by atoms with van der Waals surface area (Å²) in [6, 6.07) is 17.9. The molecule has 0 aliphatic carbocycles. The number of phenolic OH excluding ortho intramolecular Hbond substituents is 1. The first-order valence-electron chi connectivity index (χ1n) is 12.4. The first-order chi connectivity index (χ1) is 18.2. The fraction of sp³-hybridized carbons (Fsp3) is 0.233. The Bertz CT molecular complexity index is 1370. The van der Waals surface area contributed by atoms with Gasteiger partial charge in [0.25, 0.3) is 11.7 Å². The van der Waals surface area contributed by atoms with E-state index < -0.39 is 23.7 Å². The average Bonchev–Trinajstić information content (AvgIpc) is 3.17. The summed E-state index contributed by atoms with van der Waals surface area (Å²) in [4.78, 5) is 40.2. The zero-order valence-corrected chi connectivity index (χ0v) is 21.4. The van der Waals surface area contributed by atoms with E-state index in [9.17, 15) is 24.6 Å². The van der Waals surface area contributed by atoms with Crippen LogP contribution < -0.4 is 9.64 Å². The van der Waals surface area contributed by atoms with Crippen molar-refractivity contribution in [3.63, 3.8) is 0 Å². The highest BCUT2D eigenvalue weighted by Crippen LogP contribution is 2.42. The van der Waals surface area contributed by atoms with Gasteiger partial charge in [-0.25, -0.2) is 4.79 Å². The molecule has 0 bridgehead atoms. The van der Waals surface area contributed by atoms with Crippen molar-refractivity contribution in [2.24, 2.45) is 0 Å². The van der Waals surface area contributed by atoms with Crippen LogP contribution in [0.25, 0.3) is 5.76 Å². The van der Waals surface area contributed by atoms with Crippen LogP contribution in [-0.4, -0.2) is 40.6 Å². The molecule has 0 aromatic heterocycles. The van der Waals surface area contributed by atoms with Crippen LogP contribution in [0.2, 0.25) is 0 Å². The van der Waals surface area contributed by atoms with Gasteiger partial charge in [0.2, 0.25) is 0 Å². The second-order valence-electron chi connectivity index (χ2n) is 9.14. The summed E-state index contributed by atoms with van der Waals surface area (Å²) >= 11 is 0. The number of ketones is 1. The standard InChI is InChI=1S/C30H29NO7/c1-4-16-37-24-7-5-6-21(17-24)27(33)25-26(19-10-14-23(32)15-11-19)31(29(35)28(25)34)22-12-8-20(9-13-22)30(36)38-18(2)3/h5-15,17-18,26,32-33H,4,16H2,1-3H3/b27-25+. The largest absolute Gasteiger partial charge is 0.508 e. The summed E-state index contributed by atoms with van der Waals surface area (Å²) in [5, 5.41) is 21.1. The number of carbonyl (C=O) groups excluding carboxylic acids is 3. The minimum absolute atomic E-state index is 0.0134. The molecule has 3 aromatic carbocycles. The van der Waals surface area contributed by atoms with Crippen LogP contribution in [0.5, 0.6) is 11.5 Å². The minimum Gasteiger partial charge on any atom is -0.508 e. The van der Waals surface area contributed by atoms with Crippen molar-refractivity contribution in [1.29, 1.82) is 0 Å². The number of nitrogens with zero attached hydrogens (tertiary/aromatic N) is 1. The molecule has 1 amide bonds. The minimum atomic E-state index is -0.982. The van der Waals surface area contributed by atoms with Gasteiger partial charge in [0.1, 0.15) is 17.3 Å². The number of rotatable bonds is 8. The Labute approximate surface area is 220 Å². The Morgan fingerprint density at radius 1 is 0.974 bits per heavy atom. The molecule has 0 spiro atoms. The van der Waals surface area contributed by atoms with Gasteiger partial charge in [0.05, 0.1) is 29.9 Å². The number of Topliss-reactive ketones (excluding diaryl/α,β-unsaturated/α-hetero) is 1. The van der Waals surface area contributed by atoms with Crippen molar-refractivity contribution in [2.75, 3.05) is 11.5 Å². The number of aliphatic hydroxyl groups excluding tert-OH is 1. The van der Waals surface area contributed by atoms with E-state index in [4.69, 9.17) is 9.47 Å². The van der Waals surface area contributed by atoms with Gasteiger partial charge in [-0.15, -0.1) is 0 Å². The van der Waals surface area contributed by atoms with Gasteiger partial charge >= 0.3 is 5.97 Å². The monoisotopic (exact) mass is 515 g/mol. The van der Waals surface area contributed by atoms with Crippen molar-refractivity contribution in [3.8, 4) is 11.5 Å². The van der Waals surface area contributed by atoms with Gasteiger partial charge in [-0.2, -0.15) is 0 Å². The highest BCUT2D eigenvalue weighted by atomic mass is 16.5. The fourth-order valence-electron chi connectivity index (χ4n) is 4.22. The van der Waals surface area contributed by atoms with Gasteiger partial charge in [0, 0.05) is 11.3 Å². The quantitative estimate of drug-likeness (QED) is 0.179. The van der Waals surface area contributed by atoms with Crippen LogP contribution in [0.4, 0.5) is 5.69 Å². The van der Waals surface area contributed by atoms with E-state index in [1.165, 1.54) is 29.2 Å². The molecule has 0 radical (unpaired) electrons. The third-order valence-corrected chi connectivity index (χ3v) is 5.96. The third kappa shape index (κ3) is 5.39. The predicted molar refractivity (Wildman–Crippen MR) is 142 cm³/mol. The molecule has 38 heavy (non-hydrogen) atoms. The van der Waals surface area contributed by atoms with Crippen molar-refractivity contribution in [2.45, 2.75) is 39.3 Å². The Hall–Kier alpha value is -4.59. The normalized spacial score (nSPS) is 16.6. The number of benzene rings is 3. The summed E-state index contributed by atoms with van der Waals surface area (Å²) in [6.07, 6.45) is 0.510.